The Bertz CT molecular complexity index is 289. The van der Waals surface area contributed by atoms with Crippen LogP contribution in [0.15, 0.2) is 0 Å². The fourth-order valence-electron chi connectivity index (χ4n) is 3.58. The van der Waals surface area contributed by atoms with Gasteiger partial charge in [-0.25, -0.2) is 0 Å². The maximum Gasteiger partial charge on any atom is 0.171 e. The van der Waals surface area contributed by atoms with Gasteiger partial charge in [0.15, 0.2) is 5.79 Å². The van der Waals surface area contributed by atoms with Gasteiger partial charge in [-0.3, -0.25) is 0 Å². The SMILES string of the molecule is CC(C)[C@@H]1CC[C@@H](C)CC12OCC[C@H](CC=O)O2. The summed E-state index contributed by atoms with van der Waals surface area (Å²) in [6.45, 7) is 7.50. The van der Waals surface area contributed by atoms with Crippen molar-refractivity contribution in [2.75, 3.05) is 6.61 Å². The lowest BCUT2D eigenvalue weighted by Crippen LogP contribution is -2.54. The first-order valence-electron chi connectivity index (χ1n) is 7.33. The van der Waals surface area contributed by atoms with Crippen LogP contribution in [0.25, 0.3) is 0 Å². The van der Waals surface area contributed by atoms with E-state index in [1.165, 1.54) is 12.8 Å². The van der Waals surface area contributed by atoms with Gasteiger partial charge >= 0.3 is 0 Å². The van der Waals surface area contributed by atoms with E-state index < -0.39 is 5.79 Å². The van der Waals surface area contributed by atoms with Crippen molar-refractivity contribution >= 4 is 6.29 Å². The van der Waals surface area contributed by atoms with Crippen molar-refractivity contribution in [3.05, 3.63) is 0 Å². The van der Waals surface area contributed by atoms with Gasteiger partial charge in [-0.1, -0.05) is 27.2 Å². The lowest BCUT2D eigenvalue weighted by molar-refractivity contribution is -0.338. The quantitative estimate of drug-likeness (QED) is 0.726. The molecule has 0 N–H and O–H groups in total. The van der Waals surface area contributed by atoms with Crippen LogP contribution < -0.4 is 0 Å². The molecule has 0 aromatic rings. The molecule has 1 aliphatic heterocycles. The smallest absolute Gasteiger partial charge is 0.171 e. The molecule has 3 heteroatoms. The van der Waals surface area contributed by atoms with Crippen molar-refractivity contribution in [3.8, 4) is 0 Å². The van der Waals surface area contributed by atoms with E-state index in [1.54, 1.807) is 0 Å². The molecule has 104 valence electrons. The number of aldehydes is 1. The monoisotopic (exact) mass is 254 g/mol. The molecule has 2 aliphatic rings. The molecule has 2 fully saturated rings. The summed E-state index contributed by atoms with van der Waals surface area (Å²) in [6, 6.07) is 0. The summed E-state index contributed by atoms with van der Waals surface area (Å²) < 4.78 is 12.3. The van der Waals surface area contributed by atoms with Crippen molar-refractivity contribution in [3.63, 3.8) is 0 Å². The normalized spacial score (nSPS) is 41.2. The predicted molar refractivity (Wildman–Crippen MR) is 70.2 cm³/mol. The van der Waals surface area contributed by atoms with Gasteiger partial charge in [0.25, 0.3) is 0 Å². The Morgan fingerprint density at radius 3 is 2.78 bits per heavy atom. The minimum Gasteiger partial charge on any atom is -0.349 e. The van der Waals surface area contributed by atoms with E-state index in [2.05, 4.69) is 20.8 Å². The highest BCUT2D eigenvalue weighted by atomic mass is 16.7. The third-order valence-corrected chi connectivity index (χ3v) is 4.48. The van der Waals surface area contributed by atoms with Crippen LogP contribution in [0.1, 0.15) is 52.9 Å². The average molecular weight is 254 g/mol. The maximum absolute atomic E-state index is 10.7. The second-order valence-electron chi connectivity index (χ2n) is 6.33. The molecule has 1 saturated heterocycles. The van der Waals surface area contributed by atoms with Crippen molar-refractivity contribution < 1.29 is 14.3 Å². The van der Waals surface area contributed by atoms with Crippen LogP contribution in [0, 0.1) is 17.8 Å². The van der Waals surface area contributed by atoms with Gasteiger partial charge in [0.2, 0.25) is 0 Å². The standard InChI is InChI=1S/C15H26O3/c1-11(2)14-5-4-12(3)10-15(14)17-9-7-13(18-15)6-8-16/h8,11-14H,4-7,9-10H2,1-3H3/t12-,13+,14+,15?/m1/s1. The van der Waals surface area contributed by atoms with Crippen LogP contribution in [0.2, 0.25) is 0 Å². The topological polar surface area (TPSA) is 35.5 Å². The summed E-state index contributed by atoms with van der Waals surface area (Å²) in [5.41, 5.74) is 0. The van der Waals surface area contributed by atoms with Crippen LogP contribution in [0.5, 0.6) is 0 Å². The summed E-state index contributed by atoms with van der Waals surface area (Å²) in [7, 11) is 0. The van der Waals surface area contributed by atoms with E-state index in [0.29, 0.717) is 24.2 Å². The molecule has 0 aromatic carbocycles. The average Bonchev–Trinajstić information content (AvgIpc) is 2.28. The highest BCUT2D eigenvalue weighted by Gasteiger charge is 2.49. The van der Waals surface area contributed by atoms with E-state index in [9.17, 15) is 4.79 Å². The van der Waals surface area contributed by atoms with Gasteiger partial charge < -0.3 is 14.3 Å². The minimum atomic E-state index is -0.419. The van der Waals surface area contributed by atoms with Gasteiger partial charge in [-0.05, 0) is 24.7 Å². The van der Waals surface area contributed by atoms with Crippen molar-refractivity contribution in [1.29, 1.82) is 0 Å². The Kier molecular flexibility index (Phi) is 4.44. The first-order valence-corrected chi connectivity index (χ1v) is 7.33. The highest BCUT2D eigenvalue weighted by Crippen LogP contribution is 2.46. The van der Waals surface area contributed by atoms with Crippen LogP contribution in [0.4, 0.5) is 0 Å². The Morgan fingerprint density at radius 1 is 1.33 bits per heavy atom. The molecular weight excluding hydrogens is 228 g/mol. The number of rotatable bonds is 3. The zero-order chi connectivity index (χ0) is 13.2. The van der Waals surface area contributed by atoms with Crippen LogP contribution in [-0.2, 0) is 14.3 Å². The van der Waals surface area contributed by atoms with Gasteiger partial charge in [-0.15, -0.1) is 0 Å². The Labute approximate surface area is 110 Å². The van der Waals surface area contributed by atoms with Crippen LogP contribution in [0.3, 0.4) is 0 Å². The van der Waals surface area contributed by atoms with Gasteiger partial charge in [0.05, 0.1) is 12.7 Å². The molecule has 0 aromatic heterocycles. The van der Waals surface area contributed by atoms with Crippen molar-refractivity contribution in [2.45, 2.75) is 64.8 Å². The molecule has 4 atom stereocenters. The zero-order valence-electron chi connectivity index (χ0n) is 11.9. The fourth-order valence-corrected chi connectivity index (χ4v) is 3.58. The van der Waals surface area contributed by atoms with Crippen molar-refractivity contribution in [1.82, 2.24) is 0 Å². The molecule has 0 radical (unpaired) electrons. The predicted octanol–water partition coefficient (Wildman–Crippen LogP) is 3.17. The number of carbonyl (C=O) groups is 1. The zero-order valence-corrected chi connectivity index (χ0v) is 11.9. The maximum atomic E-state index is 10.7. The molecule has 1 saturated carbocycles. The lowest BCUT2D eigenvalue weighted by Gasteiger charge is -2.51. The molecule has 0 bridgehead atoms. The molecule has 1 heterocycles. The van der Waals surface area contributed by atoms with E-state index in [-0.39, 0.29) is 6.10 Å². The van der Waals surface area contributed by atoms with Gasteiger partial charge in [0.1, 0.15) is 6.29 Å². The number of carbonyl (C=O) groups excluding carboxylic acids is 1. The first-order chi connectivity index (χ1) is 8.57. The first kappa shape index (κ1) is 14.0. The molecule has 1 unspecified atom stereocenters. The second kappa shape index (κ2) is 5.70. The largest absolute Gasteiger partial charge is 0.349 e. The molecular formula is C15H26O3. The molecule has 0 amide bonds. The summed E-state index contributed by atoms with van der Waals surface area (Å²) in [4.78, 5) is 10.7. The third kappa shape index (κ3) is 2.77. The van der Waals surface area contributed by atoms with Crippen LogP contribution >= 0.6 is 0 Å². The summed E-state index contributed by atoms with van der Waals surface area (Å²) >= 11 is 0. The number of ether oxygens (including phenoxy) is 2. The molecule has 1 spiro atoms. The highest BCUT2D eigenvalue weighted by molar-refractivity contribution is 5.50. The Hall–Kier alpha value is -0.410. The van der Waals surface area contributed by atoms with Gasteiger partial charge in [-0.2, -0.15) is 0 Å². The summed E-state index contributed by atoms with van der Waals surface area (Å²) in [5, 5.41) is 0. The fraction of sp³-hybridized carbons (Fsp3) is 0.933. The summed E-state index contributed by atoms with van der Waals surface area (Å²) in [6.07, 6.45) is 5.79. The lowest BCUT2D eigenvalue weighted by atomic mass is 9.72. The van der Waals surface area contributed by atoms with Crippen molar-refractivity contribution in [2.24, 2.45) is 17.8 Å². The number of hydrogen-bond acceptors (Lipinski definition) is 3. The van der Waals surface area contributed by atoms with Crippen LogP contribution in [-0.4, -0.2) is 24.8 Å². The minimum absolute atomic E-state index is 0.0581. The molecule has 3 nitrogen and oxygen atoms in total. The van der Waals surface area contributed by atoms with E-state index in [4.69, 9.17) is 9.47 Å². The molecule has 1 aliphatic carbocycles. The Balaban J connectivity index is 2.15. The second-order valence-corrected chi connectivity index (χ2v) is 6.33. The Morgan fingerprint density at radius 2 is 2.11 bits per heavy atom. The molecule has 18 heavy (non-hydrogen) atoms. The molecule has 2 rings (SSSR count). The number of hydrogen-bond donors (Lipinski definition) is 0. The van der Waals surface area contributed by atoms with Gasteiger partial charge in [0, 0.05) is 18.8 Å². The van der Waals surface area contributed by atoms with E-state index in [1.807, 2.05) is 0 Å². The third-order valence-electron chi connectivity index (χ3n) is 4.48. The van der Waals surface area contributed by atoms with E-state index >= 15 is 0 Å². The van der Waals surface area contributed by atoms with E-state index in [0.717, 1.165) is 25.7 Å². The summed E-state index contributed by atoms with van der Waals surface area (Å²) in [5.74, 6) is 1.25.